The van der Waals surface area contributed by atoms with E-state index in [1.807, 2.05) is 25.2 Å². The summed E-state index contributed by atoms with van der Waals surface area (Å²) in [6.45, 7) is 2.00. The summed E-state index contributed by atoms with van der Waals surface area (Å²) in [7, 11) is 1.87. The number of halogens is 2. The Balaban J connectivity index is 1.47. The van der Waals surface area contributed by atoms with Crippen LogP contribution in [-0.2, 0) is 11.8 Å². The summed E-state index contributed by atoms with van der Waals surface area (Å²) in [5.74, 6) is 0.104. The second kappa shape index (κ2) is 8.92. The number of nitrogens with zero attached hydrogens (tertiary/aromatic N) is 3. The molecule has 1 aromatic heterocycles. The number of nitrogens with one attached hydrogen (secondary N) is 2. The first-order chi connectivity index (χ1) is 15.9. The van der Waals surface area contributed by atoms with Crippen LogP contribution in [0.5, 0.6) is 0 Å². The molecular weight excluding hydrogens is 597 g/mol. The van der Waals surface area contributed by atoms with Crippen LogP contribution in [-0.4, -0.2) is 45.9 Å². The van der Waals surface area contributed by atoms with Gasteiger partial charge in [0.1, 0.15) is 10.0 Å². The fourth-order valence-electron chi connectivity index (χ4n) is 5.20. The highest BCUT2D eigenvalue weighted by molar-refractivity contribution is 14.1. The summed E-state index contributed by atoms with van der Waals surface area (Å²) in [6.07, 6.45) is 1.42. The summed E-state index contributed by atoms with van der Waals surface area (Å²) in [6, 6.07) is 18.5. The number of anilines is 1. The van der Waals surface area contributed by atoms with E-state index >= 15 is 0 Å². The van der Waals surface area contributed by atoms with Crippen LogP contribution in [0, 0.1) is 3.57 Å². The van der Waals surface area contributed by atoms with Crippen LogP contribution < -0.4 is 15.8 Å². The van der Waals surface area contributed by atoms with Crippen LogP contribution >= 0.6 is 38.5 Å². The molecule has 1 unspecified atom stereocenters. The molecule has 7 nitrogen and oxygen atoms in total. The summed E-state index contributed by atoms with van der Waals surface area (Å²) < 4.78 is 3.53. The number of hydrogen-bond donors (Lipinski definition) is 2. The zero-order valence-corrected chi connectivity index (χ0v) is 22.0. The Morgan fingerprint density at radius 3 is 2.30 bits per heavy atom. The fraction of sp³-hybridized carbons (Fsp3) is 0.333. The Labute approximate surface area is 214 Å². The Bertz CT molecular complexity index is 1220. The summed E-state index contributed by atoms with van der Waals surface area (Å²) in [5, 5.41) is 5.95. The van der Waals surface area contributed by atoms with Gasteiger partial charge in [-0.2, -0.15) is 0 Å². The number of piperidine rings is 1. The van der Waals surface area contributed by atoms with Gasteiger partial charge >= 0.3 is 0 Å². The number of H-pyrrole nitrogens is 1. The number of carbonyl (C=O) groups is 1. The fourth-order valence-corrected chi connectivity index (χ4v) is 6.13. The number of rotatable bonds is 4. The molecule has 3 aromatic rings. The van der Waals surface area contributed by atoms with Crippen molar-refractivity contribution in [1.29, 1.82) is 0 Å². The highest BCUT2D eigenvalue weighted by atomic mass is 127. The van der Waals surface area contributed by atoms with Crippen molar-refractivity contribution in [3.8, 4) is 0 Å². The maximum Gasteiger partial charge on any atom is 0.278 e. The molecule has 2 aliphatic heterocycles. The van der Waals surface area contributed by atoms with Crippen LogP contribution in [0.15, 0.2) is 63.9 Å². The molecule has 0 radical (unpaired) electrons. The van der Waals surface area contributed by atoms with Crippen LogP contribution in [0.25, 0.3) is 0 Å². The molecule has 9 heteroatoms. The van der Waals surface area contributed by atoms with Gasteiger partial charge in [0, 0.05) is 29.4 Å². The van der Waals surface area contributed by atoms with Crippen molar-refractivity contribution in [1.82, 2.24) is 20.0 Å². The van der Waals surface area contributed by atoms with E-state index in [0.717, 1.165) is 30.0 Å². The molecule has 172 valence electrons. The molecule has 0 saturated carbocycles. The number of carbonyl (C=O) groups excluding carboxylic acids is 1. The quantitative estimate of drug-likeness (QED) is 0.437. The van der Waals surface area contributed by atoms with E-state index in [4.69, 9.17) is 0 Å². The molecule has 3 heterocycles. The highest BCUT2D eigenvalue weighted by Gasteiger charge is 2.51. The minimum Gasteiger partial charge on any atom is -0.339 e. The lowest BCUT2D eigenvalue weighted by Crippen LogP contribution is -2.57. The van der Waals surface area contributed by atoms with Crippen LogP contribution in [0.1, 0.15) is 30.1 Å². The van der Waals surface area contributed by atoms with Crippen LogP contribution in [0.4, 0.5) is 5.69 Å². The second-order valence-electron chi connectivity index (χ2n) is 8.65. The third kappa shape index (κ3) is 3.93. The van der Waals surface area contributed by atoms with Crippen molar-refractivity contribution < 1.29 is 4.79 Å². The number of benzene rings is 2. The van der Waals surface area contributed by atoms with Gasteiger partial charge in [0.25, 0.3) is 5.56 Å². The lowest BCUT2D eigenvalue weighted by molar-refractivity contribution is -0.125. The largest absolute Gasteiger partial charge is 0.339 e. The number of aromatic nitrogens is 2. The Morgan fingerprint density at radius 2 is 1.70 bits per heavy atom. The van der Waals surface area contributed by atoms with Crippen molar-refractivity contribution in [3.63, 3.8) is 0 Å². The average Bonchev–Trinajstić information content (AvgIpc) is 3.27. The van der Waals surface area contributed by atoms with Crippen LogP contribution in [0.3, 0.4) is 0 Å². The van der Waals surface area contributed by atoms with E-state index in [2.05, 4.69) is 95.1 Å². The molecule has 0 bridgehead atoms. The van der Waals surface area contributed by atoms with Crippen molar-refractivity contribution in [2.24, 2.45) is 7.05 Å². The van der Waals surface area contributed by atoms with Gasteiger partial charge in [0.05, 0.1) is 18.4 Å². The van der Waals surface area contributed by atoms with Crippen molar-refractivity contribution in [3.05, 3.63) is 84.3 Å². The normalized spacial score (nSPS) is 19.1. The molecule has 5 rings (SSSR count). The van der Waals surface area contributed by atoms with Crippen molar-refractivity contribution in [2.45, 2.75) is 24.4 Å². The first kappa shape index (κ1) is 22.7. The number of amides is 1. The summed E-state index contributed by atoms with van der Waals surface area (Å²) in [5.41, 5.74) is 2.40. The van der Waals surface area contributed by atoms with Gasteiger partial charge in [-0.1, -0.05) is 30.3 Å². The monoisotopic (exact) mass is 621 g/mol. The number of likely N-dealkylation sites (tertiary alicyclic amines) is 1. The minimum atomic E-state index is -0.550. The average molecular weight is 622 g/mol. The van der Waals surface area contributed by atoms with Gasteiger partial charge in [0.15, 0.2) is 0 Å². The zero-order chi connectivity index (χ0) is 23.2. The predicted octanol–water partition coefficient (Wildman–Crippen LogP) is 3.60. The highest BCUT2D eigenvalue weighted by Crippen LogP contribution is 2.40. The number of aryl methyl sites for hydroxylation is 1. The topological polar surface area (TPSA) is 73.4 Å². The van der Waals surface area contributed by atoms with Gasteiger partial charge in [-0.15, -0.1) is 0 Å². The Kier molecular flexibility index (Phi) is 6.13. The Hall–Kier alpha value is -2.11. The second-order valence-corrected chi connectivity index (χ2v) is 10.7. The van der Waals surface area contributed by atoms with E-state index in [1.165, 1.54) is 3.57 Å². The van der Waals surface area contributed by atoms with Gasteiger partial charge < -0.3 is 10.2 Å². The number of aromatic amines is 1. The molecule has 33 heavy (non-hydrogen) atoms. The SMILES string of the molecule is Cn1[nH]c(=O)c(Br)c1C(c1ccccc1)N1CCC2(CC1)C(=O)NCN2c1ccc(I)cc1. The van der Waals surface area contributed by atoms with E-state index < -0.39 is 5.54 Å². The summed E-state index contributed by atoms with van der Waals surface area (Å²) in [4.78, 5) is 30.1. The lowest BCUT2D eigenvalue weighted by Gasteiger charge is -2.45. The van der Waals surface area contributed by atoms with Gasteiger partial charge in [0.2, 0.25) is 5.91 Å². The van der Waals surface area contributed by atoms with Gasteiger partial charge in [-0.25, -0.2) is 0 Å². The van der Waals surface area contributed by atoms with Crippen molar-refractivity contribution in [2.75, 3.05) is 24.7 Å². The Morgan fingerprint density at radius 1 is 1.03 bits per heavy atom. The summed E-state index contributed by atoms with van der Waals surface area (Å²) >= 11 is 5.82. The molecule has 1 spiro atoms. The molecule has 2 N–H and O–H groups in total. The third-order valence-electron chi connectivity index (χ3n) is 6.89. The minimum absolute atomic E-state index is 0.0990. The molecule has 1 amide bonds. The molecule has 2 aromatic carbocycles. The number of hydrogen-bond acceptors (Lipinski definition) is 4. The zero-order valence-electron chi connectivity index (χ0n) is 18.2. The smallest absolute Gasteiger partial charge is 0.278 e. The van der Waals surface area contributed by atoms with E-state index in [-0.39, 0.29) is 17.5 Å². The maximum atomic E-state index is 13.1. The van der Waals surface area contributed by atoms with E-state index in [9.17, 15) is 9.59 Å². The molecule has 1 atom stereocenters. The maximum absolute atomic E-state index is 13.1. The molecule has 2 fully saturated rings. The standard InChI is InChI=1S/C24H25BrIN5O2/c1-29-21(19(25)22(32)28-29)20(16-5-3-2-4-6-16)30-13-11-24(12-14-30)23(33)27-15-31(24)18-9-7-17(26)8-10-18/h2-10,20H,11-15H2,1H3,(H,27,33)(H,28,32). The molecule has 2 aliphatic rings. The molecular formula is C24H25BrIN5O2. The first-order valence-electron chi connectivity index (χ1n) is 11.0. The lowest BCUT2D eigenvalue weighted by atomic mass is 9.84. The molecule has 2 saturated heterocycles. The van der Waals surface area contributed by atoms with E-state index in [0.29, 0.717) is 24.0 Å². The van der Waals surface area contributed by atoms with Gasteiger partial charge in [-0.05, 0) is 81.2 Å². The van der Waals surface area contributed by atoms with Gasteiger partial charge in [-0.3, -0.25) is 24.3 Å². The predicted molar refractivity (Wildman–Crippen MR) is 140 cm³/mol. The first-order valence-corrected chi connectivity index (χ1v) is 12.8. The van der Waals surface area contributed by atoms with E-state index in [1.54, 1.807) is 4.68 Å². The third-order valence-corrected chi connectivity index (χ3v) is 8.38. The van der Waals surface area contributed by atoms with Crippen LogP contribution in [0.2, 0.25) is 0 Å². The molecule has 0 aliphatic carbocycles. The van der Waals surface area contributed by atoms with Crippen molar-refractivity contribution >= 4 is 50.1 Å².